The lowest BCUT2D eigenvalue weighted by Gasteiger charge is -2.25. The molecule has 0 fully saturated rings. The van der Waals surface area contributed by atoms with E-state index in [2.05, 4.69) is 5.32 Å². The van der Waals surface area contributed by atoms with Crippen molar-refractivity contribution in [3.05, 3.63) is 35.4 Å². The predicted molar refractivity (Wildman–Crippen MR) is 72.4 cm³/mol. The number of hydrogen-bond donors (Lipinski definition) is 2. The molecule has 0 radical (unpaired) electrons. The molecule has 0 aromatic heterocycles. The largest absolute Gasteiger partial charge is 0.389 e. The van der Waals surface area contributed by atoms with Crippen LogP contribution >= 0.6 is 0 Å². The molecule has 4 nitrogen and oxygen atoms in total. The second kappa shape index (κ2) is 6.65. The molecule has 0 saturated carbocycles. The van der Waals surface area contributed by atoms with E-state index in [1.165, 1.54) is 4.90 Å². The van der Waals surface area contributed by atoms with Gasteiger partial charge in [-0.15, -0.1) is 0 Å². The Kier molecular flexibility index (Phi) is 5.44. The van der Waals surface area contributed by atoms with Crippen molar-refractivity contribution in [2.24, 2.45) is 0 Å². The lowest BCUT2D eigenvalue weighted by Crippen LogP contribution is -2.45. The predicted octanol–water partition coefficient (Wildman–Crippen LogP) is 1.92. The van der Waals surface area contributed by atoms with Gasteiger partial charge in [-0.05, 0) is 44.0 Å². The Bertz CT molecular complexity index is 473. The van der Waals surface area contributed by atoms with Crippen molar-refractivity contribution in [1.29, 1.82) is 0 Å². The summed E-state index contributed by atoms with van der Waals surface area (Å²) in [6.45, 7) is 3.56. The molecule has 0 bridgehead atoms. The number of likely N-dealkylation sites (N-methyl/N-ethyl adjacent to an activating group) is 1. The fourth-order valence-corrected chi connectivity index (χ4v) is 1.83. The van der Waals surface area contributed by atoms with Crippen LogP contribution in [0.2, 0.25) is 0 Å². The van der Waals surface area contributed by atoms with Gasteiger partial charge in [0.1, 0.15) is 11.6 Å². The summed E-state index contributed by atoms with van der Waals surface area (Å²) in [7, 11) is 1.55. The Balaban J connectivity index is 2.44. The lowest BCUT2D eigenvalue weighted by molar-refractivity contribution is 0.0532. The smallest absolute Gasteiger partial charge is 0.317 e. The first-order valence-corrected chi connectivity index (χ1v) is 6.34. The topological polar surface area (TPSA) is 52.6 Å². The Morgan fingerprint density at radius 2 is 2.05 bits per heavy atom. The minimum absolute atomic E-state index is 0.174. The van der Waals surface area contributed by atoms with Gasteiger partial charge >= 0.3 is 6.03 Å². The first-order valence-electron chi connectivity index (χ1n) is 6.34. The summed E-state index contributed by atoms with van der Waals surface area (Å²) >= 11 is 0. The molecule has 0 aliphatic heterocycles. The summed E-state index contributed by atoms with van der Waals surface area (Å²) in [4.78, 5) is 13.0. The summed E-state index contributed by atoms with van der Waals surface area (Å²) in [5.74, 6) is -1.00. The second-order valence-corrected chi connectivity index (χ2v) is 5.39. The summed E-state index contributed by atoms with van der Waals surface area (Å²) in [6, 6.07) is 2.85. The number of carbonyl (C=O) groups excluding carboxylic acids is 1. The van der Waals surface area contributed by atoms with E-state index >= 15 is 0 Å². The van der Waals surface area contributed by atoms with Gasteiger partial charge in [-0.25, -0.2) is 13.6 Å². The van der Waals surface area contributed by atoms with E-state index in [4.69, 9.17) is 0 Å². The Morgan fingerprint density at radius 1 is 1.40 bits per heavy atom. The van der Waals surface area contributed by atoms with Gasteiger partial charge in [0.05, 0.1) is 12.1 Å². The molecule has 0 unspecified atom stereocenters. The molecule has 0 atom stereocenters. The Labute approximate surface area is 117 Å². The van der Waals surface area contributed by atoms with Crippen LogP contribution in [0.15, 0.2) is 18.2 Å². The quantitative estimate of drug-likeness (QED) is 0.869. The molecule has 1 rings (SSSR count). The number of urea groups is 1. The van der Waals surface area contributed by atoms with Crippen LogP contribution in [0.25, 0.3) is 0 Å². The van der Waals surface area contributed by atoms with Crippen molar-refractivity contribution in [2.75, 3.05) is 20.1 Å². The summed E-state index contributed by atoms with van der Waals surface area (Å²) < 4.78 is 26.3. The molecule has 2 N–H and O–H groups in total. The molecular weight excluding hydrogens is 266 g/mol. The number of carbonyl (C=O) groups is 1. The van der Waals surface area contributed by atoms with Crippen molar-refractivity contribution in [1.82, 2.24) is 10.2 Å². The first-order chi connectivity index (χ1) is 9.19. The van der Waals surface area contributed by atoms with Crippen molar-refractivity contribution in [2.45, 2.75) is 25.9 Å². The van der Waals surface area contributed by atoms with Crippen molar-refractivity contribution in [3.63, 3.8) is 0 Å². The van der Waals surface area contributed by atoms with E-state index in [0.29, 0.717) is 0 Å². The number of nitrogens with zero attached hydrogens (tertiary/aromatic N) is 1. The Morgan fingerprint density at radius 3 is 2.65 bits per heavy atom. The van der Waals surface area contributed by atoms with Crippen LogP contribution < -0.4 is 5.32 Å². The molecule has 6 heteroatoms. The highest BCUT2D eigenvalue weighted by Gasteiger charge is 2.18. The van der Waals surface area contributed by atoms with Gasteiger partial charge in [-0.2, -0.15) is 0 Å². The lowest BCUT2D eigenvalue weighted by atomic mass is 10.1. The number of nitrogens with one attached hydrogen (secondary N) is 1. The van der Waals surface area contributed by atoms with E-state index in [9.17, 15) is 18.7 Å². The van der Waals surface area contributed by atoms with Crippen molar-refractivity contribution >= 4 is 6.03 Å². The average molecular weight is 286 g/mol. The van der Waals surface area contributed by atoms with Crippen molar-refractivity contribution < 1.29 is 18.7 Å². The second-order valence-electron chi connectivity index (χ2n) is 5.39. The third kappa shape index (κ3) is 5.52. The van der Waals surface area contributed by atoms with E-state index in [1.807, 2.05) is 0 Å². The molecule has 112 valence electrons. The maximum atomic E-state index is 13.4. The summed E-state index contributed by atoms with van der Waals surface area (Å²) in [6.07, 6.45) is 0.200. The molecule has 0 heterocycles. The minimum atomic E-state index is -0.985. The summed E-state index contributed by atoms with van der Waals surface area (Å²) in [5, 5.41) is 12.2. The zero-order chi connectivity index (χ0) is 15.3. The Hall–Kier alpha value is -1.69. The van der Waals surface area contributed by atoms with Crippen LogP contribution in [0.5, 0.6) is 0 Å². The van der Waals surface area contributed by atoms with Crippen molar-refractivity contribution in [3.8, 4) is 0 Å². The first kappa shape index (κ1) is 16.4. The van der Waals surface area contributed by atoms with Crippen LogP contribution in [0.3, 0.4) is 0 Å². The van der Waals surface area contributed by atoms with Gasteiger partial charge in [0, 0.05) is 13.6 Å². The minimum Gasteiger partial charge on any atom is -0.389 e. The maximum Gasteiger partial charge on any atom is 0.317 e. The highest BCUT2D eigenvalue weighted by molar-refractivity contribution is 5.73. The number of rotatable bonds is 5. The highest BCUT2D eigenvalue weighted by Crippen LogP contribution is 2.10. The monoisotopic (exact) mass is 286 g/mol. The van der Waals surface area contributed by atoms with Gasteiger partial charge in [-0.3, -0.25) is 0 Å². The van der Waals surface area contributed by atoms with Crippen LogP contribution in [-0.4, -0.2) is 41.8 Å². The molecule has 0 saturated heterocycles. The molecule has 1 aromatic rings. The van der Waals surface area contributed by atoms with Gasteiger partial charge in [-0.1, -0.05) is 0 Å². The average Bonchev–Trinajstić information content (AvgIpc) is 2.31. The van der Waals surface area contributed by atoms with Crippen LogP contribution in [0, 0.1) is 11.6 Å². The number of hydrogen-bond acceptors (Lipinski definition) is 2. The summed E-state index contributed by atoms with van der Waals surface area (Å²) in [5.41, 5.74) is -0.767. The normalized spacial score (nSPS) is 11.3. The zero-order valence-corrected chi connectivity index (χ0v) is 11.9. The number of amides is 2. The van der Waals surface area contributed by atoms with E-state index in [0.717, 1.165) is 18.2 Å². The standard InChI is InChI=1S/C14H20F2N2O2/c1-14(2,20)9-18(3)13(19)17-7-6-10-8-11(15)4-5-12(10)16/h4-5,8,20H,6-7,9H2,1-3H3,(H,17,19). The fourth-order valence-electron chi connectivity index (χ4n) is 1.83. The van der Waals surface area contributed by atoms with Gasteiger partial charge in [0.15, 0.2) is 0 Å². The molecular formula is C14H20F2N2O2. The van der Waals surface area contributed by atoms with Gasteiger partial charge in [0.25, 0.3) is 0 Å². The highest BCUT2D eigenvalue weighted by atomic mass is 19.1. The van der Waals surface area contributed by atoms with E-state index < -0.39 is 17.2 Å². The third-order valence-electron chi connectivity index (χ3n) is 2.65. The third-order valence-corrected chi connectivity index (χ3v) is 2.65. The molecule has 0 aliphatic carbocycles. The van der Waals surface area contributed by atoms with Gasteiger partial charge in [0.2, 0.25) is 0 Å². The maximum absolute atomic E-state index is 13.4. The fraction of sp³-hybridized carbons (Fsp3) is 0.500. The molecule has 0 aliphatic rings. The SMILES string of the molecule is CN(CC(C)(C)O)C(=O)NCCc1cc(F)ccc1F. The molecule has 20 heavy (non-hydrogen) atoms. The number of halogens is 2. The molecule has 0 spiro atoms. The molecule has 1 aromatic carbocycles. The number of benzene rings is 1. The van der Waals surface area contributed by atoms with E-state index in [-0.39, 0.29) is 31.1 Å². The zero-order valence-electron chi connectivity index (χ0n) is 11.9. The van der Waals surface area contributed by atoms with Crippen LogP contribution in [-0.2, 0) is 6.42 Å². The van der Waals surface area contributed by atoms with Crippen LogP contribution in [0.4, 0.5) is 13.6 Å². The van der Waals surface area contributed by atoms with Gasteiger partial charge < -0.3 is 15.3 Å². The molecule has 2 amide bonds. The van der Waals surface area contributed by atoms with E-state index in [1.54, 1.807) is 20.9 Å². The van der Waals surface area contributed by atoms with Crippen LogP contribution in [0.1, 0.15) is 19.4 Å². The number of aliphatic hydroxyl groups is 1.